The van der Waals surface area contributed by atoms with Gasteiger partial charge in [0.2, 0.25) is 0 Å². The smallest absolute Gasteiger partial charge is 0.186 e. The van der Waals surface area contributed by atoms with Crippen molar-refractivity contribution in [2.24, 2.45) is 0 Å². The van der Waals surface area contributed by atoms with E-state index in [4.69, 9.17) is 18.9 Å². The summed E-state index contributed by atoms with van der Waals surface area (Å²) in [7, 11) is 1.53. The summed E-state index contributed by atoms with van der Waals surface area (Å²) in [6, 6.07) is 12.4. The minimum absolute atomic E-state index is 0.334. The number of hydrogen-bond acceptors (Lipinski definition) is 8. The average molecular weight is 567 g/mol. The Morgan fingerprint density at radius 1 is 0.829 bits per heavy atom. The molecular formula is C31H42N4O6. The van der Waals surface area contributed by atoms with E-state index >= 15 is 0 Å². The first kappa shape index (κ1) is 29.6. The predicted octanol–water partition coefficient (Wildman–Crippen LogP) is 3.76. The van der Waals surface area contributed by atoms with Crippen LogP contribution >= 0.6 is 0 Å². The lowest BCUT2D eigenvalue weighted by molar-refractivity contribution is -0.310. The molecule has 2 N–H and O–H groups in total. The predicted molar refractivity (Wildman–Crippen MR) is 156 cm³/mol. The minimum Gasteiger partial charge on any atom is -0.394 e. The molecule has 3 heterocycles. The van der Waals surface area contributed by atoms with Crippen LogP contribution in [0.25, 0.3) is 22.1 Å². The van der Waals surface area contributed by atoms with Crippen LogP contribution < -0.4 is 0 Å². The first-order chi connectivity index (χ1) is 20.0. The topological polar surface area (TPSA) is 113 Å². The van der Waals surface area contributed by atoms with Crippen molar-refractivity contribution in [3.8, 4) is 0 Å². The van der Waals surface area contributed by atoms with Gasteiger partial charge in [0.1, 0.15) is 24.4 Å². The summed E-state index contributed by atoms with van der Waals surface area (Å²) >= 11 is 0. The Balaban J connectivity index is 1.12. The molecular weight excluding hydrogens is 524 g/mol. The molecule has 0 radical (unpaired) electrons. The van der Waals surface area contributed by atoms with Gasteiger partial charge in [-0.25, -0.2) is 9.97 Å². The Hall–Kier alpha value is -2.86. The molecule has 10 nitrogen and oxygen atoms in total. The van der Waals surface area contributed by atoms with Gasteiger partial charge in [0.05, 0.1) is 41.3 Å². The lowest BCUT2D eigenvalue weighted by Gasteiger charge is -2.43. The maximum atomic E-state index is 10.9. The van der Waals surface area contributed by atoms with E-state index in [0.717, 1.165) is 60.8 Å². The number of benzene rings is 2. The Kier molecular flexibility index (Phi) is 10.0. The lowest BCUT2D eigenvalue weighted by Crippen LogP contribution is -2.60. The van der Waals surface area contributed by atoms with E-state index in [1.54, 1.807) is 0 Å². The summed E-state index contributed by atoms with van der Waals surface area (Å²) in [6.07, 6.45) is 3.28. The summed E-state index contributed by atoms with van der Waals surface area (Å²) in [4.78, 5) is 8.99. The zero-order valence-corrected chi connectivity index (χ0v) is 24.2. The van der Waals surface area contributed by atoms with E-state index in [9.17, 15) is 10.2 Å². The van der Waals surface area contributed by atoms with Gasteiger partial charge in [-0.3, -0.25) is 0 Å². The molecule has 5 rings (SSSR count). The number of fused-ring (bicyclic) bond motifs is 2. The molecule has 41 heavy (non-hydrogen) atoms. The Bertz CT molecular complexity index is 1400. The summed E-state index contributed by atoms with van der Waals surface area (Å²) in [5, 5.41) is 20.7. The fourth-order valence-electron chi connectivity index (χ4n) is 5.49. The van der Waals surface area contributed by atoms with Gasteiger partial charge in [-0.1, -0.05) is 12.1 Å². The number of ether oxygens (including phenoxy) is 4. The van der Waals surface area contributed by atoms with Crippen molar-refractivity contribution in [1.29, 1.82) is 0 Å². The van der Waals surface area contributed by atoms with Gasteiger partial charge in [0, 0.05) is 33.4 Å². The maximum Gasteiger partial charge on any atom is 0.186 e. The fraction of sp³-hybridized carbons (Fsp3) is 0.548. The van der Waals surface area contributed by atoms with Gasteiger partial charge >= 0.3 is 0 Å². The highest BCUT2D eigenvalue weighted by Crippen LogP contribution is 2.27. The van der Waals surface area contributed by atoms with Crippen molar-refractivity contribution < 1.29 is 29.2 Å². The average Bonchev–Trinajstić information content (AvgIpc) is 3.57. The second-order valence-corrected chi connectivity index (χ2v) is 10.8. The van der Waals surface area contributed by atoms with E-state index < -0.39 is 30.7 Å². The number of methoxy groups -OCH3 is 1. The van der Waals surface area contributed by atoms with Crippen molar-refractivity contribution in [1.82, 2.24) is 19.1 Å². The number of rotatable bonds is 14. The third-order valence-corrected chi connectivity index (χ3v) is 8.00. The molecule has 10 heteroatoms. The molecule has 2 aromatic heterocycles. The van der Waals surface area contributed by atoms with Crippen molar-refractivity contribution >= 4 is 22.1 Å². The highest BCUT2D eigenvalue weighted by molar-refractivity contribution is 5.77. The first-order valence-electron chi connectivity index (χ1n) is 14.5. The van der Waals surface area contributed by atoms with E-state index in [1.165, 1.54) is 18.2 Å². The van der Waals surface area contributed by atoms with Gasteiger partial charge < -0.3 is 38.3 Å². The fourth-order valence-corrected chi connectivity index (χ4v) is 5.49. The molecule has 0 spiro atoms. The molecule has 0 aliphatic carbocycles. The maximum absolute atomic E-state index is 10.9. The number of nitrogens with zero attached hydrogens (tertiary/aromatic N) is 4. The number of aromatic nitrogens is 4. The highest BCUT2D eigenvalue weighted by Gasteiger charge is 2.46. The zero-order valence-electron chi connectivity index (χ0n) is 24.2. The quantitative estimate of drug-likeness (QED) is 0.222. The molecule has 1 saturated heterocycles. The summed E-state index contributed by atoms with van der Waals surface area (Å²) < 4.78 is 28.0. The van der Waals surface area contributed by atoms with Gasteiger partial charge in [-0.2, -0.15) is 0 Å². The van der Waals surface area contributed by atoms with Crippen molar-refractivity contribution in [3.05, 3.63) is 60.2 Å². The molecule has 1 fully saturated rings. The van der Waals surface area contributed by atoms with E-state index in [2.05, 4.69) is 51.1 Å². The molecule has 0 saturated carbocycles. The SMILES string of the molecule is CO[C@H]1O[C@H](CO)[C@@H](O)[C@H](OCCCCn2cnc3cc(C)c(C)cc32)[C@H]1OCCCCn1cnc2ccccc21. The van der Waals surface area contributed by atoms with Crippen LogP contribution in [0.2, 0.25) is 0 Å². The standard InChI is InChI=1S/C31H42N4O6/c1-21-16-24-26(17-22(21)2)35(20-33-24)13-7-8-14-39-29-28(37)27(18-36)41-31(38-3)30(29)40-15-9-6-12-34-19-32-23-10-4-5-11-25(23)34/h4-5,10-11,16-17,19-20,27-31,36-37H,6-9,12-15,18H2,1-3H3/t27-,28-,29+,30-,31+/m1/s1. The molecule has 0 bridgehead atoms. The molecule has 222 valence electrons. The summed E-state index contributed by atoms with van der Waals surface area (Å²) in [5.74, 6) is 0. The number of aryl methyl sites for hydroxylation is 4. The number of unbranched alkanes of at least 4 members (excludes halogenated alkanes) is 2. The summed E-state index contributed by atoms with van der Waals surface area (Å²) in [5.41, 5.74) is 6.74. The number of aliphatic hydroxyl groups is 2. The first-order valence-corrected chi connectivity index (χ1v) is 14.5. The van der Waals surface area contributed by atoms with Gasteiger partial charge in [-0.05, 0) is 74.9 Å². The van der Waals surface area contributed by atoms with Gasteiger partial charge in [-0.15, -0.1) is 0 Å². The lowest BCUT2D eigenvalue weighted by atomic mass is 9.98. The van der Waals surface area contributed by atoms with Crippen molar-refractivity contribution in [2.45, 2.75) is 83.3 Å². The minimum atomic E-state index is -1.03. The van der Waals surface area contributed by atoms with Gasteiger partial charge in [0.25, 0.3) is 0 Å². The summed E-state index contributed by atoms with van der Waals surface area (Å²) in [6.45, 7) is 6.44. The molecule has 1 aliphatic heterocycles. The Labute approximate surface area is 240 Å². The molecule has 1 aliphatic rings. The molecule has 5 atom stereocenters. The van der Waals surface area contributed by atoms with Crippen LogP contribution in [0, 0.1) is 13.8 Å². The van der Waals surface area contributed by atoms with Crippen LogP contribution in [0.3, 0.4) is 0 Å². The second kappa shape index (κ2) is 13.9. The molecule has 4 aromatic rings. The van der Waals surface area contributed by atoms with Crippen LogP contribution in [-0.4, -0.2) is 87.0 Å². The van der Waals surface area contributed by atoms with Gasteiger partial charge in [0.15, 0.2) is 6.29 Å². The largest absolute Gasteiger partial charge is 0.394 e. The Morgan fingerprint density at radius 2 is 1.46 bits per heavy atom. The number of imidazole rings is 2. The zero-order chi connectivity index (χ0) is 28.8. The van der Waals surface area contributed by atoms with Crippen molar-refractivity contribution in [2.75, 3.05) is 26.9 Å². The number of aliphatic hydroxyl groups excluding tert-OH is 2. The van der Waals surface area contributed by atoms with Crippen LogP contribution in [0.5, 0.6) is 0 Å². The highest BCUT2D eigenvalue weighted by atomic mass is 16.7. The third-order valence-electron chi connectivity index (χ3n) is 8.00. The third kappa shape index (κ3) is 6.80. The molecule has 0 amide bonds. The van der Waals surface area contributed by atoms with E-state index in [0.29, 0.717) is 13.2 Å². The molecule has 2 aromatic carbocycles. The van der Waals surface area contributed by atoms with Crippen molar-refractivity contribution in [3.63, 3.8) is 0 Å². The second-order valence-electron chi connectivity index (χ2n) is 10.8. The monoisotopic (exact) mass is 566 g/mol. The Morgan fingerprint density at radius 3 is 2.17 bits per heavy atom. The van der Waals surface area contributed by atoms with Crippen LogP contribution in [0.15, 0.2) is 49.1 Å². The number of para-hydroxylation sites is 2. The van der Waals surface area contributed by atoms with Crippen LogP contribution in [-0.2, 0) is 32.0 Å². The van der Waals surface area contributed by atoms with E-state index in [-0.39, 0.29) is 6.61 Å². The van der Waals surface area contributed by atoms with Crippen LogP contribution in [0.1, 0.15) is 36.8 Å². The molecule has 0 unspecified atom stereocenters. The van der Waals surface area contributed by atoms with Crippen LogP contribution in [0.4, 0.5) is 0 Å². The number of hydrogen-bond donors (Lipinski definition) is 2. The van der Waals surface area contributed by atoms with E-state index in [1.807, 2.05) is 30.9 Å². The normalized spacial score (nSPS) is 23.1.